The molecule has 0 spiro atoms. The molecule has 0 aliphatic rings. The Morgan fingerprint density at radius 2 is 2.20 bits per heavy atom. The molecule has 1 atom stereocenters. The van der Waals surface area contributed by atoms with Gasteiger partial charge in [-0.1, -0.05) is 6.92 Å². The highest BCUT2D eigenvalue weighted by Crippen LogP contribution is 2.30. The van der Waals surface area contributed by atoms with Crippen LogP contribution in [0.25, 0.3) is 16.9 Å². The lowest BCUT2D eigenvalue weighted by Gasteiger charge is -2.10. The van der Waals surface area contributed by atoms with E-state index < -0.39 is 6.10 Å². The number of aromatic nitrogens is 3. The van der Waals surface area contributed by atoms with E-state index in [2.05, 4.69) is 9.97 Å². The quantitative estimate of drug-likeness (QED) is 0.793. The number of rotatable bonds is 3. The molecule has 4 heteroatoms. The Balaban J connectivity index is 2.30. The van der Waals surface area contributed by atoms with E-state index in [1.54, 1.807) is 12.4 Å². The van der Waals surface area contributed by atoms with E-state index in [1.165, 1.54) is 0 Å². The van der Waals surface area contributed by atoms with Crippen LogP contribution in [0.5, 0.6) is 0 Å². The SMILES string of the molecule is CCC(O)c1c(-c2cccnc2)nc2cc(C)ccn12. The van der Waals surface area contributed by atoms with Gasteiger partial charge in [0.1, 0.15) is 5.65 Å². The second kappa shape index (κ2) is 5.06. The molecule has 0 saturated heterocycles. The zero-order chi connectivity index (χ0) is 14.1. The van der Waals surface area contributed by atoms with Gasteiger partial charge in [0.25, 0.3) is 0 Å². The summed E-state index contributed by atoms with van der Waals surface area (Å²) < 4.78 is 1.96. The van der Waals surface area contributed by atoms with Crippen LogP contribution in [-0.2, 0) is 0 Å². The smallest absolute Gasteiger partial charge is 0.138 e. The van der Waals surface area contributed by atoms with Crippen molar-refractivity contribution in [2.45, 2.75) is 26.4 Å². The number of hydrogen-bond acceptors (Lipinski definition) is 3. The van der Waals surface area contributed by atoms with Crippen molar-refractivity contribution in [3.8, 4) is 11.3 Å². The molecule has 0 amide bonds. The van der Waals surface area contributed by atoms with Crippen LogP contribution in [0.3, 0.4) is 0 Å². The van der Waals surface area contributed by atoms with Crippen LogP contribution in [-0.4, -0.2) is 19.5 Å². The third kappa shape index (κ3) is 2.08. The summed E-state index contributed by atoms with van der Waals surface area (Å²) >= 11 is 0. The lowest BCUT2D eigenvalue weighted by molar-refractivity contribution is 0.168. The van der Waals surface area contributed by atoms with Gasteiger partial charge in [-0.3, -0.25) is 4.98 Å². The molecule has 0 bridgehead atoms. The average Bonchev–Trinajstić information content (AvgIpc) is 2.85. The van der Waals surface area contributed by atoms with E-state index in [0.717, 1.165) is 28.2 Å². The summed E-state index contributed by atoms with van der Waals surface area (Å²) in [5.74, 6) is 0. The minimum atomic E-state index is -0.539. The van der Waals surface area contributed by atoms with Crippen LogP contribution in [0.1, 0.15) is 30.7 Å². The van der Waals surface area contributed by atoms with E-state index in [0.29, 0.717) is 6.42 Å². The van der Waals surface area contributed by atoms with Crippen molar-refractivity contribution in [2.75, 3.05) is 0 Å². The number of pyridine rings is 2. The zero-order valence-corrected chi connectivity index (χ0v) is 11.6. The van der Waals surface area contributed by atoms with Gasteiger partial charge in [-0.25, -0.2) is 4.98 Å². The summed E-state index contributed by atoms with van der Waals surface area (Å²) in [5.41, 5.74) is 4.56. The summed E-state index contributed by atoms with van der Waals surface area (Å²) in [5, 5.41) is 10.3. The molecule has 0 fully saturated rings. The zero-order valence-electron chi connectivity index (χ0n) is 11.6. The van der Waals surface area contributed by atoms with Crippen molar-refractivity contribution in [3.05, 3.63) is 54.1 Å². The summed E-state index contributed by atoms with van der Waals surface area (Å²) in [6, 6.07) is 7.89. The molecule has 0 saturated carbocycles. The Kier molecular flexibility index (Phi) is 3.24. The van der Waals surface area contributed by atoms with E-state index in [1.807, 2.05) is 48.7 Å². The highest BCUT2D eigenvalue weighted by atomic mass is 16.3. The van der Waals surface area contributed by atoms with Crippen LogP contribution in [0.2, 0.25) is 0 Å². The summed E-state index contributed by atoms with van der Waals surface area (Å²) in [4.78, 5) is 8.82. The third-order valence-electron chi connectivity index (χ3n) is 3.46. The third-order valence-corrected chi connectivity index (χ3v) is 3.46. The Bertz CT molecular complexity index is 734. The molecule has 4 nitrogen and oxygen atoms in total. The van der Waals surface area contributed by atoms with Gasteiger partial charge in [0.15, 0.2) is 0 Å². The second-order valence-corrected chi connectivity index (χ2v) is 4.94. The molecule has 3 aromatic heterocycles. The van der Waals surface area contributed by atoms with E-state index in [9.17, 15) is 5.11 Å². The Morgan fingerprint density at radius 3 is 2.90 bits per heavy atom. The first-order valence-electron chi connectivity index (χ1n) is 6.77. The van der Waals surface area contributed by atoms with Crippen molar-refractivity contribution in [3.63, 3.8) is 0 Å². The second-order valence-electron chi connectivity index (χ2n) is 4.94. The molecule has 0 radical (unpaired) electrons. The van der Waals surface area contributed by atoms with E-state index in [-0.39, 0.29) is 0 Å². The van der Waals surface area contributed by atoms with Crippen LogP contribution in [0.15, 0.2) is 42.9 Å². The molecule has 1 N–H and O–H groups in total. The standard InChI is InChI=1S/C16H17N3O/c1-3-13(20)16-15(12-5-4-7-17-10-12)18-14-9-11(2)6-8-19(14)16/h4-10,13,20H,3H2,1-2H3. The maximum absolute atomic E-state index is 10.3. The molecular weight excluding hydrogens is 250 g/mol. The minimum absolute atomic E-state index is 0.539. The van der Waals surface area contributed by atoms with Gasteiger partial charge >= 0.3 is 0 Å². The van der Waals surface area contributed by atoms with Gasteiger partial charge in [-0.15, -0.1) is 0 Å². The summed E-state index contributed by atoms with van der Waals surface area (Å²) in [7, 11) is 0. The van der Waals surface area contributed by atoms with Gasteiger partial charge in [-0.2, -0.15) is 0 Å². The monoisotopic (exact) mass is 267 g/mol. The van der Waals surface area contributed by atoms with Crippen LogP contribution < -0.4 is 0 Å². The molecule has 102 valence electrons. The molecular formula is C16H17N3O. The van der Waals surface area contributed by atoms with Gasteiger partial charge < -0.3 is 9.51 Å². The van der Waals surface area contributed by atoms with Crippen molar-refractivity contribution in [1.29, 1.82) is 0 Å². The van der Waals surface area contributed by atoms with Crippen LogP contribution in [0.4, 0.5) is 0 Å². The highest BCUT2D eigenvalue weighted by molar-refractivity contribution is 5.66. The summed E-state index contributed by atoms with van der Waals surface area (Å²) in [6.07, 6.45) is 5.59. The normalized spacial score (nSPS) is 12.8. The van der Waals surface area contributed by atoms with Crippen molar-refractivity contribution in [2.24, 2.45) is 0 Å². The Labute approximate surface area is 117 Å². The maximum atomic E-state index is 10.3. The Morgan fingerprint density at radius 1 is 1.35 bits per heavy atom. The fourth-order valence-electron chi connectivity index (χ4n) is 2.39. The summed E-state index contributed by atoms with van der Waals surface area (Å²) in [6.45, 7) is 4.00. The molecule has 0 aliphatic heterocycles. The molecule has 0 aromatic carbocycles. The first-order chi connectivity index (χ1) is 9.70. The van der Waals surface area contributed by atoms with Crippen molar-refractivity contribution >= 4 is 5.65 Å². The fourth-order valence-corrected chi connectivity index (χ4v) is 2.39. The van der Waals surface area contributed by atoms with Crippen LogP contribution >= 0.6 is 0 Å². The number of nitrogens with zero attached hydrogens (tertiary/aromatic N) is 3. The van der Waals surface area contributed by atoms with Crippen LogP contribution in [0, 0.1) is 6.92 Å². The first-order valence-corrected chi connectivity index (χ1v) is 6.77. The molecule has 20 heavy (non-hydrogen) atoms. The first kappa shape index (κ1) is 12.8. The maximum Gasteiger partial charge on any atom is 0.138 e. The highest BCUT2D eigenvalue weighted by Gasteiger charge is 2.19. The van der Waals surface area contributed by atoms with Gasteiger partial charge in [0, 0.05) is 24.2 Å². The van der Waals surface area contributed by atoms with Crippen molar-refractivity contribution < 1.29 is 5.11 Å². The number of hydrogen-bond donors (Lipinski definition) is 1. The Hall–Kier alpha value is -2.20. The van der Waals surface area contributed by atoms with E-state index >= 15 is 0 Å². The topological polar surface area (TPSA) is 50.4 Å². The lowest BCUT2D eigenvalue weighted by Crippen LogP contribution is -2.02. The largest absolute Gasteiger partial charge is 0.387 e. The number of aliphatic hydroxyl groups excluding tert-OH is 1. The predicted octanol–water partition coefficient (Wildman–Crippen LogP) is 3.15. The molecule has 0 aliphatic carbocycles. The van der Waals surface area contributed by atoms with Gasteiger partial charge in [0.05, 0.1) is 17.5 Å². The lowest BCUT2D eigenvalue weighted by atomic mass is 10.1. The number of fused-ring (bicyclic) bond motifs is 1. The number of aryl methyl sites for hydroxylation is 1. The molecule has 1 unspecified atom stereocenters. The van der Waals surface area contributed by atoms with Crippen molar-refractivity contribution in [1.82, 2.24) is 14.4 Å². The molecule has 3 heterocycles. The fraction of sp³-hybridized carbons (Fsp3) is 0.250. The number of imidazole rings is 1. The average molecular weight is 267 g/mol. The van der Waals surface area contributed by atoms with Gasteiger partial charge in [-0.05, 0) is 43.2 Å². The van der Waals surface area contributed by atoms with E-state index in [4.69, 9.17) is 0 Å². The number of aliphatic hydroxyl groups is 1. The molecule has 3 rings (SSSR count). The van der Waals surface area contributed by atoms with Gasteiger partial charge in [0.2, 0.25) is 0 Å². The molecule has 3 aromatic rings. The predicted molar refractivity (Wildman–Crippen MR) is 78.4 cm³/mol. The minimum Gasteiger partial charge on any atom is -0.387 e.